The van der Waals surface area contributed by atoms with Gasteiger partial charge in [0.2, 0.25) is 0 Å². The third-order valence-electron chi connectivity index (χ3n) is 3.64. The molecule has 0 unspecified atom stereocenters. The Balaban J connectivity index is 1.81. The van der Waals surface area contributed by atoms with E-state index in [9.17, 15) is 4.79 Å². The minimum atomic E-state index is -0.803. The van der Waals surface area contributed by atoms with Gasteiger partial charge >= 0.3 is 5.97 Å². The molecule has 0 aromatic carbocycles. The van der Waals surface area contributed by atoms with E-state index in [0.717, 1.165) is 24.3 Å². The summed E-state index contributed by atoms with van der Waals surface area (Å²) >= 11 is 1.28. The number of nitrogens with zero attached hydrogens (tertiary/aromatic N) is 3. The van der Waals surface area contributed by atoms with Crippen molar-refractivity contribution in [2.75, 3.05) is 19.3 Å². The Kier molecular flexibility index (Phi) is 5.27. The van der Waals surface area contributed by atoms with E-state index in [1.807, 2.05) is 10.8 Å². The van der Waals surface area contributed by atoms with Crippen LogP contribution in [0, 0.1) is 0 Å². The minimum Gasteiger partial charge on any atom is -0.481 e. The Labute approximate surface area is 118 Å². The van der Waals surface area contributed by atoms with Crippen LogP contribution >= 0.6 is 11.8 Å². The van der Waals surface area contributed by atoms with Gasteiger partial charge in [0, 0.05) is 31.5 Å². The summed E-state index contributed by atoms with van der Waals surface area (Å²) in [6.45, 7) is 1.86. The molecule has 0 saturated heterocycles. The second kappa shape index (κ2) is 6.96. The summed E-state index contributed by atoms with van der Waals surface area (Å²) in [4.78, 5) is 17.2. The normalized spacial score (nSPS) is 16.3. The van der Waals surface area contributed by atoms with Crippen LogP contribution in [-0.4, -0.2) is 50.9 Å². The Bertz CT molecular complexity index is 416. The van der Waals surface area contributed by atoms with Crippen LogP contribution in [0.25, 0.3) is 0 Å². The Morgan fingerprint density at radius 2 is 2.32 bits per heavy atom. The molecule has 6 heteroatoms. The maximum absolute atomic E-state index is 10.6. The minimum absolute atomic E-state index is 0.0650. The molecule has 106 valence electrons. The number of hydrogen-bond donors (Lipinski definition) is 1. The molecule has 19 heavy (non-hydrogen) atoms. The maximum Gasteiger partial charge on any atom is 0.313 e. The zero-order valence-corrected chi connectivity index (χ0v) is 12.1. The average Bonchev–Trinajstić information content (AvgIpc) is 3.04. The number of aliphatic carboxylic acids is 1. The summed E-state index contributed by atoms with van der Waals surface area (Å²) in [7, 11) is 2.18. The van der Waals surface area contributed by atoms with Gasteiger partial charge in [-0.15, -0.1) is 0 Å². The van der Waals surface area contributed by atoms with Crippen molar-refractivity contribution in [1.29, 1.82) is 0 Å². The van der Waals surface area contributed by atoms with Crippen LogP contribution in [0.2, 0.25) is 0 Å². The average molecular weight is 283 g/mol. The molecule has 1 aliphatic rings. The van der Waals surface area contributed by atoms with Gasteiger partial charge in [0.15, 0.2) is 5.16 Å². The van der Waals surface area contributed by atoms with Crippen LogP contribution < -0.4 is 0 Å². The topological polar surface area (TPSA) is 58.4 Å². The van der Waals surface area contributed by atoms with E-state index in [1.165, 1.54) is 37.4 Å². The number of likely N-dealkylation sites (N-methyl/N-ethyl adjacent to an activating group) is 1. The van der Waals surface area contributed by atoms with E-state index in [4.69, 9.17) is 5.11 Å². The number of carboxylic acid groups (broad SMARTS) is 1. The molecule has 1 saturated carbocycles. The fourth-order valence-corrected chi connectivity index (χ4v) is 3.23. The van der Waals surface area contributed by atoms with E-state index in [-0.39, 0.29) is 5.75 Å². The van der Waals surface area contributed by atoms with Crippen LogP contribution in [0.4, 0.5) is 0 Å². The highest BCUT2D eigenvalue weighted by Crippen LogP contribution is 2.22. The molecular formula is C13H21N3O2S. The third kappa shape index (κ3) is 4.24. The van der Waals surface area contributed by atoms with Gasteiger partial charge in [0.1, 0.15) is 0 Å². The molecule has 0 atom stereocenters. The Morgan fingerprint density at radius 3 is 3.00 bits per heavy atom. The molecular weight excluding hydrogens is 262 g/mol. The van der Waals surface area contributed by atoms with Crippen LogP contribution in [-0.2, 0) is 11.3 Å². The lowest BCUT2D eigenvalue weighted by Gasteiger charge is -2.24. The SMILES string of the molecule is CN(CCn1ccnc1SCC(=O)O)C1CCCC1. The van der Waals surface area contributed by atoms with Gasteiger partial charge in [0.25, 0.3) is 0 Å². The van der Waals surface area contributed by atoms with E-state index >= 15 is 0 Å². The van der Waals surface area contributed by atoms with Crippen molar-refractivity contribution < 1.29 is 9.90 Å². The summed E-state index contributed by atoms with van der Waals surface area (Å²) in [6.07, 6.45) is 8.97. The zero-order valence-electron chi connectivity index (χ0n) is 11.3. The molecule has 2 rings (SSSR count). The predicted octanol–water partition coefficient (Wildman–Crippen LogP) is 1.93. The van der Waals surface area contributed by atoms with Crippen molar-refractivity contribution in [3.63, 3.8) is 0 Å². The predicted molar refractivity (Wildman–Crippen MR) is 75.5 cm³/mol. The highest BCUT2D eigenvalue weighted by molar-refractivity contribution is 7.99. The number of imidazole rings is 1. The molecule has 5 nitrogen and oxygen atoms in total. The summed E-state index contributed by atoms with van der Waals surface area (Å²) < 4.78 is 2.04. The van der Waals surface area contributed by atoms with Gasteiger partial charge in [-0.25, -0.2) is 4.98 Å². The van der Waals surface area contributed by atoms with Crippen molar-refractivity contribution >= 4 is 17.7 Å². The second-order valence-electron chi connectivity index (χ2n) is 5.00. The molecule has 0 bridgehead atoms. The molecule has 1 N–H and O–H groups in total. The number of rotatable bonds is 7. The number of thioether (sulfide) groups is 1. The first-order valence-corrected chi connectivity index (χ1v) is 7.71. The van der Waals surface area contributed by atoms with Gasteiger partial charge in [-0.05, 0) is 19.9 Å². The van der Waals surface area contributed by atoms with E-state index < -0.39 is 5.97 Å². The quantitative estimate of drug-likeness (QED) is 0.775. The first kappa shape index (κ1) is 14.4. The van der Waals surface area contributed by atoms with Gasteiger partial charge in [0.05, 0.1) is 5.75 Å². The van der Waals surface area contributed by atoms with Crippen molar-refractivity contribution in [2.45, 2.75) is 43.4 Å². The molecule has 1 aliphatic carbocycles. The summed E-state index contributed by atoms with van der Waals surface area (Å²) in [5.41, 5.74) is 0. The van der Waals surface area contributed by atoms with E-state index in [2.05, 4.69) is 16.9 Å². The monoisotopic (exact) mass is 283 g/mol. The van der Waals surface area contributed by atoms with Gasteiger partial charge < -0.3 is 14.6 Å². The lowest BCUT2D eigenvalue weighted by Crippen LogP contribution is -2.32. The van der Waals surface area contributed by atoms with Crippen molar-refractivity contribution in [1.82, 2.24) is 14.5 Å². The Hall–Kier alpha value is -1.01. The lowest BCUT2D eigenvalue weighted by atomic mass is 10.2. The highest BCUT2D eigenvalue weighted by atomic mass is 32.2. The molecule has 1 aromatic rings. The molecule has 1 aromatic heterocycles. The molecule has 0 spiro atoms. The van der Waals surface area contributed by atoms with Crippen LogP contribution in [0.15, 0.2) is 17.6 Å². The van der Waals surface area contributed by atoms with E-state index in [1.54, 1.807) is 6.20 Å². The number of aromatic nitrogens is 2. The van der Waals surface area contributed by atoms with Crippen LogP contribution in [0.5, 0.6) is 0 Å². The highest BCUT2D eigenvalue weighted by Gasteiger charge is 2.19. The molecule has 1 heterocycles. The third-order valence-corrected chi connectivity index (χ3v) is 4.63. The van der Waals surface area contributed by atoms with Crippen molar-refractivity contribution in [3.8, 4) is 0 Å². The maximum atomic E-state index is 10.6. The van der Waals surface area contributed by atoms with E-state index in [0.29, 0.717) is 0 Å². The zero-order chi connectivity index (χ0) is 13.7. The number of carbonyl (C=O) groups is 1. The number of carboxylic acids is 1. The first-order valence-electron chi connectivity index (χ1n) is 6.73. The summed E-state index contributed by atoms with van der Waals surface area (Å²) in [5.74, 6) is -0.738. The molecule has 1 fully saturated rings. The lowest BCUT2D eigenvalue weighted by molar-refractivity contribution is -0.133. The van der Waals surface area contributed by atoms with Crippen LogP contribution in [0.3, 0.4) is 0 Å². The summed E-state index contributed by atoms with van der Waals surface area (Å²) in [5, 5.41) is 9.49. The first-order chi connectivity index (χ1) is 9.16. The fourth-order valence-electron chi connectivity index (χ4n) is 2.53. The second-order valence-corrected chi connectivity index (χ2v) is 5.95. The standard InChI is InChI=1S/C13H21N3O2S/c1-15(11-4-2-3-5-11)8-9-16-7-6-14-13(16)19-10-12(17)18/h6-7,11H,2-5,8-10H2,1H3,(H,17,18). The molecule has 0 radical (unpaired) electrons. The van der Waals surface area contributed by atoms with Crippen molar-refractivity contribution in [3.05, 3.63) is 12.4 Å². The molecule has 0 amide bonds. The van der Waals surface area contributed by atoms with Crippen molar-refractivity contribution in [2.24, 2.45) is 0 Å². The van der Waals surface area contributed by atoms with Gasteiger partial charge in [-0.3, -0.25) is 4.79 Å². The summed E-state index contributed by atoms with van der Waals surface area (Å²) in [6, 6.07) is 0.721. The fraction of sp³-hybridized carbons (Fsp3) is 0.692. The Morgan fingerprint density at radius 1 is 1.58 bits per heavy atom. The van der Waals surface area contributed by atoms with Gasteiger partial charge in [-0.2, -0.15) is 0 Å². The number of hydrogen-bond acceptors (Lipinski definition) is 4. The smallest absolute Gasteiger partial charge is 0.313 e. The van der Waals surface area contributed by atoms with Crippen LogP contribution in [0.1, 0.15) is 25.7 Å². The molecule has 0 aliphatic heterocycles. The largest absolute Gasteiger partial charge is 0.481 e. The van der Waals surface area contributed by atoms with Gasteiger partial charge in [-0.1, -0.05) is 24.6 Å².